The molecule has 6 nitrogen and oxygen atoms in total. The lowest BCUT2D eigenvalue weighted by atomic mass is 9.94. The van der Waals surface area contributed by atoms with Crippen LogP contribution in [0, 0.1) is 6.92 Å². The number of ketones is 1. The molecule has 4 rings (SSSR count). The number of carbonyl (C=O) groups is 2. The number of anilines is 1. The van der Waals surface area contributed by atoms with Gasteiger partial charge in [0.1, 0.15) is 17.3 Å². The number of para-hydroxylation sites is 1. The molecular weight excluding hydrogens is 430 g/mol. The predicted molar refractivity (Wildman–Crippen MR) is 131 cm³/mol. The van der Waals surface area contributed by atoms with E-state index in [1.807, 2.05) is 45.0 Å². The van der Waals surface area contributed by atoms with E-state index in [1.54, 1.807) is 55.6 Å². The summed E-state index contributed by atoms with van der Waals surface area (Å²) in [6.45, 7) is 5.69. The van der Waals surface area contributed by atoms with Gasteiger partial charge >= 0.3 is 0 Å². The molecule has 1 N–H and O–H groups in total. The van der Waals surface area contributed by atoms with Crippen LogP contribution < -0.4 is 14.4 Å². The molecule has 34 heavy (non-hydrogen) atoms. The Labute approximate surface area is 199 Å². The predicted octanol–water partition coefficient (Wildman–Crippen LogP) is 5.42. The van der Waals surface area contributed by atoms with E-state index in [-0.39, 0.29) is 17.4 Å². The third-order valence-corrected chi connectivity index (χ3v) is 5.71. The van der Waals surface area contributed by atoms with Crippen LogP contribution in [-0.2, 0) is 9.59 Å². The molecule has 1 atom stereocenters. The third-order valence-electron chi connectivity index (χ3n) is 5.71. The highest BCUT2D eigenvalue weighted by Crippen LogP contribution is 2.43. The molecule has 0 saturated carbocycles. The Morgan fingerprint density at radius 2 is 1.65 bits per heavy atom. The number of Topliss-reactive ketones (excluding diaryl/α,β-unsaturated/α-hetero) is 1. The number of ether oxygens (including phenoxy) is 2. The maximum Gasteiger partial charge on any atom is 0.300 e. The van der Waals surface area contributed by atoms with Crippen LogP contribution in [0.4, 0.5) is 5.69 Å². The van der Waals surface area contributed by atoms with Crippen LogP contribution in [0.2, 0.25) is 0 Å². The molecule has 3 aromatic carbocycles. The first-order valence-electron chi connectivity index (χ1n) is 11.1. The van der Waals surface area contributed by atoms with E-state index in [4.69, 9.17) is 9.47 Å². The average molecular weight is 458 g/mol. The summed E-state index contributed by atoms with van der Waals surface area (Å²) < 4.78 is 11.1. The lowest BCUT2D eigenvalue weighted by Gasteiger charge is -2.27. The molecule has 1 saturated heterocycles. The summed E-state index contributed by atoms with van der Waals surface area (Å²) in [5.41, 5.74) is 2.51. The summed E-state index contributed by atoms with van der Waals surface area (Å²) >= 11 is 0. The van der Waals surface area contributed by atoms with Crippen molar-refractivity contribution < 1.29 is 24.2 Å². The maximum atomic E-state index is 13.3. The largest absolute Gasteiger partial charge is 0.507 e. The van der Waals surface area contributed by atoms with Gasteiger partial charge in [0, 0.05) is 11.3 Å². The second kappa shape index (κ2) is 9.43. The highest BCUT2D eigenvalue weighted by Gasteiger charge is 2.47. The van der Waals surface area contributed by atoms with Crippen molar-refractivity contribution in [1.29, 1.82) is 0 Å². The van der Waals surface area contributed by atoms with Gasteiger partial charge in [-0.3, -0.25) is 14.5 Å². The minimum absolute atomic E-state index is 0.0169. The first-order valence-corrected chi connectivity index (χ1v) is 11.1. The van der Waals surface area contributed by atoms with Gasteiger partial charge in [-0.15, -0.1) is 0 Å². The second-order valence-electron chi connectivity index (χ2n) is 8.43. The van der Waals surface area contributed by atoms with E-state index < -0.39 is 17.7 Å². The number of nitrogens with zero attached hydrogens (tertiary/aromatic N) is 1. The van der Waals surface area contributed by atoms with E-state index in [9.17, 15) is 14.7 Å². The first-order chi connectivity index (χ1) is 16.3. The van der Waals surface area contributed by atoms with Gasteiger partial charge in [0.25, 0.3) is 11.7 Å². The summed E-state index contributed by atoms with van der Waals surface area (Å²) in [6, 6.07) is 20.6. The lowest BCUT2D eigenvalue weighted by molar-refractivity contribution is -0.132. The highest BCUT2D eigenvalue weighted by atomic mass is 16.5. The second-order valence-corrected chi connectivity index (χ2v) is 8.43. The van der Waals surface area contributed by atoms with Gasteiger partial charge in [-0.2, -0.15) is 0 Å². The van der Waals surface area contributed by atoms with Gasteiger partial charge in [-0.05, 0) is 62.2 Å². The summed E-state index contributed by atoms with van der Waals surface area (Å²) in [5.74, 6) is -0.552. The Hall–Kier alpha value is -4.06. The summed E-state index contributed by atoms with van der Waals surface area (Å²) in [5, 5.41) is 11.4. The van der Waals surface area contributed by atoms with E-state index >= 15 is 0 Å². The van der Waals surface area contributed by atoms with E-state index in [0.717, 1.165) is 5.56 Å². The average Bonchev–Trinajstić information content (AvgIpc) is 3.09. The molecule has 0 bridgehead atoms. The van der Waals surface area contributed by atoms with Crippen molar-refractivity contribution in [2.24, 2.45) is 0 Å². The van der Waals surface area contributed by atoms with Crippen molar-refractivity contribution in [3.63, 3.8) is 0 Å². The van der Waals surface area contributed by atoms with Gasteiger partial charge < -0.3 is 14.6 Å². The van der Waals surface area contributed by atoms with Crippen molar-refractivity contribution in [3.8, 4) is 11.5 Å². The fraction of sp³-hybridized carbons (Fsp3) is 0.214. The molecule has 174 valence electrons. The zero-order chi connectivity index (χ0) is 24.4. The molecule has 0 spiro atoms. The minimum Gasteiger partial charge on any atom is -0.507 e. The Kier molecular flexibility index (Phi) is 6.41. The number of aliphatic hydroxyl groups excluding tert-OH is 1. The molecule has 3 aromatic rings. The standard InChI is InChI=1S/C28H27NO5/c1-17(2)34-22-13-8-11-20(16-22)26(30)24-25(19-10-7-12-21(15-19)33-4)29(28(32)27(24)31)23-14-6-5-9-18(23)3/h5-17,25,30H,1-4H3/b26-24-. The maximum absolute atomic E-state index is 13.3. The zero-order valence-electron chi connectivity index (χ0n) is 19.6. The van der Waals surface area contributed by atoms with Crippen molar-refractivity contribution in [1.82, 2.24) is 0 Å². The van der Waals surface area contributed by atoms with Crippen molar-refractivity contribution in [2.75, 3.05) is 12.0 Å². The number of hydrogen-bond acceptors (Lipinski definition) is 5. The summed E-state index contributed by atoms with van der Waals surface area (Å²) in [6.07, 6.45) is -0.0548. The number of methoxy groups -OCH3 is 1. The molecule has 1 aliphatic rings. The molecule has 1 aliphatic heterocycles. The lowest BCUT2D eigenvalue weighted by Crippen LogP contribution is -2.30. The normalized spacial score (nSPS) is 17.3. The number of benzene rings is 3. The van der Waals surface area contributed by atoms with Gasteiger partial charge in [-0.1, -0.05) is 42.5 Å². The number of carbonyl (C=O) groups excluding carboxylic acids is 2. The van der Waals surface area contributed by atoms with Crippen molar-refractivity contribution >= 4 is 23.1 Å². The Balaban J connectivity index is 1.94. The number of aryl methyl sites for hydroxylation is 1. The van der Waals surface area contributed by atoms with Crippen molar-refractivity contribution in [2.45, 2.75) is 32.9 Å². The number of amides is 1. The van der Waals surface area contributed by atoms with Crippen LogP contribution in [0.1, 0.15) is 36.6 Å². The summed E-state index contributed by atoms with van der Waals surface area (Å²) in [4.78, 5) is 28.1. The van der Waals surface area contributed by atoms with Gasteiger partial charge in [0.15, 0.2) is 0 Å². The van der Waals surface area contributed by atoms with Gasteiger partial charge in [0.2, 0.25) is 0 Å². The number of hydrogen-bond donors (Lipinski definition) is 1. The fourth-order valence-corrected chi connectivity index (χ4v) is 4.19. The van der Waals surface area contributed by atoms with Crippen LogP contribution in [0.3, 0.4) is 0 Å². The van der Waals surface area contributed by atoms with Crippen LogP contribution >= 0.6 is 0 Å². The molecule has 0 aliphatic carbocycles. The van der Waals surface area contributed by atoms with Gasteiger partial charge in [0.05, 0.1) is 24.8 Å². The number of aliphatic hydroxyl groups is 1. The Morgan fingerprint density at radius 1 is 0.941 bits per heavy atom. The molecule has 6 heteroatoms. The first kappa shape index (κ1) is 23.1. The highest BCUT2D eigenvalue weighted by molar-refractivity contribution is 6.51. The van der Waals surface area contributed by atoms with Crippen LogP contribution in [0.5, 0.6) is 11.5 Å². The molecule has 1 unspecified atom stereocenters. The molecule has 0 radical (unpaired) electrons. The summed E-state index contributed by atoms with van der Waals surface area (Å²) in [7, 11) is 1.55. The van der Waals surface area contributed by atoms with Gasteiger partial charge in [-0.25, -0.2) is 0 Å². The topological polar surface area (TPSA) is 76.1 Å². The van der Waals surface area contributed by atoms with Crippen LogP contribution in [0.15, 0.2) is 78.4 Å². The quantitative estimate of drug-likeness (QED) is 0.304. The third kappa shape index (κ3) is 4.27. The minimum atomic E-state index is -0.828. The Bertz CT molecular complexity index is 1280. The Morgan fingerprint density at radius 3 is 2.35 bits per heavy atom. The fourth-order valence-electron chi connectivity index (χ4n) is 4.19. The molecular formula is C28H27NO5. The van der Waals surface area contributed by atoms with Crippen LogP contribution in [-0.4, -0.2) is 30.0 Å². The van der Waals surface area contributed by atoms with E-state index in [0.29, 0.717) is 28.3 Å². The molecule has 1 amide bonds. The van der Waals surface area contributed by atoms with Crippen LogP contribution in [0.25, 0.3) is 5.76 Å². The molecule has 1 heterocycles. The van der Waals surface area contributed by atoms with E-state index in [1.165, 1.54) is 4.90 Å². The number of rotatable bonds is 6. The zero-order valence-corrected chi connectivity index (χ0v) is 19.6. The molecule has 0 aromatic heterocycles. The molecule has 1 fully saturated rings. The smallest absolute Gasteiger partial charge is 0.300 e. The monoisotopic (exact) mass is 457 g/mol. The SMILES string of the molecule is COc1cccc(C2/C(=C(/O)c3cccc(OC(C)C)c3)C(=O)C(=O)N2c2ccccc2C)c1. The van der Waals surface area contributed by atoms with Crippen molar-refractivity contribution in [3.05, 3.63) is 95.1 Å². The van der Waals surface area contributed by atoms with E-state index in [2.05, 4.69) is 0 Å².